The van der Waals surface area contributed by atoms with Gasteiger partial charge in [0.1, 0.15) is 5.75 Å². The number of carbonyl (C=O) groups is 3. The molecular formula is C25H27ClN2O5. The van der Waals surface area contributed by atoms with Gasteiger partial charge in [-0.25, -0.2) is 0 Å². The quantitative estimate of drug-likeness (QED) is 0.429. The number of methoxy groups -OCH3 is 1. The molecule has 0 aliphatic carbocycles. The van der Waals surface area contributed by atoms with E-state index in [1.54, 1.807) is 46.9 Å². The highest BCUT2D eigenvalue weighted by molar-refractivity contribution is 6.30. The number of ether oxygens (including phenoxy) is 1. The van der Waals surface area contributed by atoms with Crippen LogP contribution in [0.4, 0.5) is 5.69 Å². The lowest BCUT2D eigenvalue weighted by atomic mass is 10.1. The molecule has 1 amide bonds. The number of carboxylic acids is 1. The first-order chi connectivity index (χ1) is 15.7. The van der Waals surface area contributed by atoms with Gasteiger partial charge in [0.2, 0.25) is 5.91 Å². The lowest BCUT2D eigenvalue weighted by Gasteiger charge is -2.22. The molecule has 0 bridgehead atoms. The summed E-state index contributed by atoms with van der Waals surface area (Å²) >= 11 is 5.98. The number of fused-ring (bicyclic) bond motifs is 1. The lowest BCUT2D eigenvalue weighted by molar-refractivity contribution is -0.137. The Morgan fingerprint density at radius 3 is 2.36 bits per heavy atom. The normalized spacial score (nSPS) is 10.9. The van der Waals surface area contributed by atoms with Crippen LogP contribution in [0.1, 0.15) is 48.7 Å². The van der Waals surface area contributed by atoms with Gasteiger partial charge in [0, 0.05) is 41.6 Å². The zero-order chi connectivity index (χ0) is 24.1. The number of carbonyl (C=O) groups excluding carboxylic acids is 2. The molecule has 1 aromatic heterocycles. The number of aliphatic carboxylic acids is 1. The molecule has 0 radical (unpaired) electrons. The molecule has 33 heavy (non-hydrogen) atoms. The summed E-state index contributed by atoms with van der Waals surface area (Å²) in [5, 5.41) is 10.1. The zero-order valence-electron chi connectivity index (χ0n) is 18.9. The van der Waals surface area contributed by atoms with Crippen LogP contribution in [0.15, 0.2) is 42.5 Å². The van der Waals surface area contributed by atoms with E-state index >= 15 is 0 Å². The number of hydrogen-bond acceptors (Lipinski definition) is 4. The minimum Gasteiger partial charge on any atom is -0.497 e. The summed E-state index contributed by atoms with van der Waals surface area (Å²) < 4.78 is 7.00. The highest BCUT2D eigenvalue weighted by Gasteiger charge is 2.25. The molecule has 7 nitrogen and oxygen atoms in total. The Balaban J connectivity index is 2.06. The van der Waals surface area contributed by atoms with E-state index in [1.165, 1.54) is 6.92 Å². The third-order valence-corrected chi connectivity index (χ3v) is 5.85. The number of halogens is 1. The molecule has 0 saturated heterocycles. The molecule has 1 N–H and O–H groups in total. The molecular weight excluding hydrogens is 444 g/mol. The Bertz CT molecular complexity index is 1180. The van der Waals surface area contributed by atoms with Crippen molar-refractivity contribution in [3.05, 3.63) is 58.7 Å². The van der Waals surface area contributed by atoms with E-state index in [1.807, 2.05) is 19.1 Å². The molecule has 0 aliphatic rings. The summed E-state index contributed by atoms with van der Waals surface area (Å²) in [5.74, 6) is -0.595. The van der Waals surface area contributed by atoms with Crippen molar-refractivity contribution in [1.29, 1.82) is 0 Å². The van der Waals surface area contributed by atoms with Gasteiger partial charge in [-0.1, -0.05) is 18.0 Å². The van der Waals surface area contributed by atoms with E-state index in [9.17, 15) is 14.4 Å². The molecule has 1 heterocycles. The van der Waals surface area contributed by atoms with Gasteiger partial charge in [0.05, 0.1) is 18.3 Å². The summed E-state index contributed by atoms with van der Waals surface area (Å²) in [7, 11) is 1.56. The minimum absolute atomic E-state index is 0.102. The van der Waals surface area contributed by atoms with Gasteiger partial charge in [-0.3, -0.25) is 19.0 Å². The van der Waals surface area contributed by atoms with Crippen LogP contribution in [-0.4, -0.2) is 41.1 Å². The Kier molecular flexibility index (Phi) is 7.76. The zero-order valence-corrected chi connectivity index (χ0v) is 19.7. The van der Waals surface area contributed by atoms with Crippen molar-refractivity contribution in [2.24, 2.45) is 0 Å². The Morgan fingerprint density at radius 1 is 1.06 bits per heavy atom. The first-order valence-corrected chi connectivity index (χ1v) is 11.1. The SMILES string of the molecule is COc1ccc2c(c1)c(N(CCCCCC(=O)O)C(C)=O)c(C)n2C(=O)c1ccc(Cl)cc1. The van der Waals surface area contributed by atoms with Crippen LogP contribution in [0.2, 0.25) is 5.02 Å². The predicted octanol–water partition coefficient (Wildman–Crippen LogP) is 5.30. The highest BCUT2D eigenvalue weighted by atomic mass is 35.5. The molecule has 8 heteroatoms. The van der Waals surface area contributed by atoms with Gasteiger partial charge in [-0.05, 0) is 62.2 Å². The summed E-state index contributed by atoms with van der Waals surface area (Å²) in [5.41, 5.74) is 2.43. The van der Waals surface area contributed by atoms with E-state index in [0.717, 1.165) is 5.39 Å². The van der Waals surface area contributed by atoms with Gasteiger partial charge in [0.25, 0.3) is 5.91 Å². The third-order valence-electron chi connectivity index (χ3n) is 5.59. The fraction of sp³-hybridized carbons (Fsp3) is 0.320. The van der Waals surface area contributed by atoms with Crippen LogP contribution >= 0.6 is 11.6 Å². The van der Waals surface area contributed by atoms with E-state index < -0.39 is 5.97 Å². The van der Waals surface area contributed by atoms with Crippen molar-refractivity contribution in [1.82, 2.24) is 4.57 Å². The van der Waals surface area contributed by atoms with Gasteiger partial charge in [-0.15, -0.1) is 0 Å². The number of benzene rings is 2. The molecule has 3 rings (SSSR count). The summed E-state index contributed by atoms with van der Waals surface area (Å²) in [6, 6.07) is 12.1. The van der Waals surface area contributed by atoms with E-state index in [4.69, 9.17) is 21.4 Å². The van der Waals surface area contributed by atoms with Crippen LogP contribution in [0, 0.1) is 6.92 Å². The third kappa shape index (κ3) is 5.37. The van der Waals surface area contributed by atoms with E-state index in [-0.39, 0.29) is 18.2 Å². The first kappa shape index (κ1) is 24.3. The van der Waals surface area contributed by atoms with Crippen molar-refractivity contribution < 1.29 is 24.2 Å². The predicted molar refractivity (Wildman–Crippen MR) is 129 cm³/mol. The maximum atomic E-state index is 13.4. The van der Waals surface area contributed by atoms with E-state index in [0.29, 0.717) is 59.0 Å². The second-order valence-corrected chi connectivity index (χ2v) is 8.28. The number of hydrogen-bond donors (Lipinski definition) is 1. The Hall–Kier alpha value is -3.32. The smallest absolute Gasteiger partial charge is 0.303 e. The summed E-state index contributed by atoms with van der Waals surface area (Å²) in [4.78, 5) is 38.5. The molecule has 0 unspecified atom stereocenters. The summed E-state index contributed by atoms with van der Waals surface area (Å²) in [6.45, 7) is 3.72. The van der Waals surface area contributed by atoms with Crippen molar-refractivity contribution in [2.45, 2.75) is 39.5 Å². The number of carboxylic acid groups (broad SMARTS) is 1. The number of aromatic nitrogens is 1. The molecule has 0 aliphatic heterocycles. The van der Waals surface area contributed by atoms with Crippen molar-refractivity contribution in [2.75, 3.05) is 18.6 Å². The van der Waals surface area contributed by atoms with Crippen molar-refractivity contribution in [3.63, 3.8) is 0 Å². The Morgan fingerprint density at radius 2 is 1.76 bits per heavy atom. The molecule has 3 aromatic rings. The molecule has 0 fully saturated rings. The van der Waals surface area contributed by atoms with Crippen molar-refractivity contribution >= 4 is 46.0 Å². The maximum absolute atomic E-state index is 13.4. The van der Waals surface area contributed by atoms with Crippen molar-refractivity contribution in [3.8, 4) is 5.75 Å². The van der Waals surface area contributed by atoms with Crippen LogP contribution in [0.3, 0.4) is 0 Å². The fourth-order valence-corrected chi connectivity index (χ4v) is 4.11. The van der Waals surface area contributed by atoms with Crippen LogP contribution < -0.4 is 9.64 Å². The standard InChI is InChI=1S/C25H27ClN2O5/c1-16-24(27(17(2)29)14-6-4-5-7-23(30)31)21-15-20(33-3)12-13-22(21)28(16)25(32)18-8-10-19(26)11-9-18/h8-13,15H,4-7,14H2,1-3H3,(H,30,31). The van der Waals surface area contributed by atoms with Crippen LogP contribution in [-0.2, 0) is 9.59 Å². The van der Waals surface area contributed by atoms with Crippen LogP contribution in [0.25, 0.3) is 10.9 Å². The molecule has 0 spiro atoms. The van der Waals surface area contributed by atoms with E-state index in [2.05, 4.69) is 0 Å². The lowest BCUT2D eigenvalue weighted by Crippen LogP contribution is -2.30. The molecule has 2 aromatic carbocycles. The highest BCUT2D eigenvalue weighted by Crippen LogP contribution is 2.37. The molecule has 174 valence electrons. The van der Waals surface area contributed by atoms with Gasteiger partial charge in [0.15, 0.2) is 0 Å². The average Bonchev–Trinajstić information content (AvgIpc) is 3.06. The second-order valence-electron chi connectivity index (χ2n) is 7.84. The Labute approximate surface area is 197 Å². The number of amides is 1. The van der Waals surface area contributed by atoms with Gasteiger partial charge < -0.3 is 14.7 Å². The first-order valence-electron chi connectivity index (χ1n) is 10.7. The van der Waals surface area contributed by atoms with Crippen LogP contribution in [0.5, 0.6) is 5.75 Å². The number of anilines is 1. The second kappa shape index (κ2) is 10.5. The molecule has 0 atom stereocenters. The number of unbranched alkanes of at least 4 members (excludes halogenated alkanes) is 2. The largest absolute Gasteiger partial charge is 0.497 e. The maximum Gasteiger partial charge on any atom is 0.303 e. The summed E-state index contributed by atoms with van der Waals surface area (Å²) in [6.07, 6.45) is 1.98. The molecule has 0 saturated carbocycles. The fourth-order valence-electron chi connectivity index (χ4n) is 3.98. The number of nitrogens with zero attached hydrogens (tertiary/aromatic N) is 2. The number of rotatable bonds is 9. The van der Waals surface area contributed by atoms with Gasteiger partial charge >= 0.3 is 5.97 Å². The van der Waals surface area contributed by atoms with Gasteiger partial charge in [-0.2, -0.15) is 0 Å². The minimum atomic E-state index is -0.829. The average molecular weight is 471 g/mol. The topological polar surface area (TPSA) is 88.8 Å². The monoisotopic (exact) mass is 470 g/mol.